The molecule has 14 heteroatoms. The summed E-state index contributed by atoms with van der Waals surface area (Å²) in [5.41, 5.74) is -5.35. The van der Waals surface area contributed by atoms with Gasteiger partial charge in [0.1, 0.15) is 17.0 Å². The van der Waals surface area contributed by atoms with E-state index < -0.39 is 40.9 Å². The number of benzene rings is 1. The highest BCUT2D eigenvalue weighted by Gasteiger charge is 2.64. The van der Waals surface area contributed by atoms with Gasteiger partial charge in [-0.15, -0.1) is 0 Å². The van der Waals surface area contributed by atoms with Crippen molar-refractivity contribution in [1.29, 1.82) is 0 Å². The number of aromatic nitrogens is 3. The van der Waals surface area contributed by atoms with Crippen molar-refractivity contribution in [2.75, 3.05) is 0 Å². The maximum atomic E-state index is 13.9. The van der Waals surface area contributed by atoms with Crippen LogP contribution in [0.3, 0.4) is 0 Å². The normalized spacial score (nSPS) is 12.9. The molecule has 0 radical (unpaired) electrons. The van der Waals surface area contributed by atoms with E-state index in [2.05, 4.69) is 22.2 Å². The zero-order valence-electron chi connectivity index (χ0n) is 18.2. The second-order valence-corrected chi connectivity index (χ2v) is 8.22. The van der Waals surface area contributed by atoms with Crippen LogP contribution >= 0.6 is 11.6 Å². The minimum atomic E-state index is -6.31. The first-order valence-corrected chi connectivity index (χ1v) is 10.1. The quantitative estimate of drug-likeness (QED) is 0.349. The molecule has 3 aromatic rings. The Labute approximate surface area is 198 Å². The molecule has 35 heavy (non-hydrogen) atoms. The van der Waals surface area contributed by atoms with E-state index in [1.54, 1.807) is 0 Å². The fourth-order valence-corrected chi connectivity index (χ4v) is 3.53. The second kappa shape index (κ2) is 8.85. The molecule has 0 amide bonds. The molecule has 0 spiro atoms. The molecule has 2 aromatic heterocycles. The van der Waals surface area contributed by atoms with Gasteiger partial charge < -0.3 is 9.84 Å². The van der Waals surface area contributed by atoms with Gasteiger partial charge in [0.2, 0.25) is 0 Å². The zero-order valence-corrected chi connectivity index (χ0v) is 19.0. The Morgan fingerprint density at radius 1 is 1.09 bits per heavy atom. The summed E-state index contributed by atoms with van der Waals surface area (Å²) in [5.74, 6) is -5.97. The lowest BCUT2D eigenvalue weighted by Crippen LogP contribution is -2.36. The second-order valence-electron chi connectivity index (χ2n) is 7.81. The van der Waals surface area contributed by atoms with Crippen LogP contribution in [0, 0.1) is 0 Å². The Hall–Kier alpha value is -3.09. The van der Waals surface area contributed by atoms with Gasteiger partial charge in [0.15, 0.2) is 11.5 Å². The zero-order chi connectivity index (χ0) is 26.5. The van der Waals surface area contributed by atoms with Gasteiger partial charge in [-0.1, -0.05) is 23.3 Å². The molecule has 0 bridgehead atoms. The van der Waals surface area contributed by atoms with Gasteiger partial charge >= 0.3 is 18.3 Å². The Bertz CT molecular complexity index is 1260. The molecule has 0 unspecified atom stereocenters. The van der Waals surface area contributed by atoms with Crippen molar-refractivity contribution in [3.63, 3.8) is 0 Å². The van der Waals surface area contributed by atoms with Gasteiger partial charge in [-0.3, -0.25) is 4.68 Å². The van der Waals surface area contributed by atoms with Crippen LogP contribution in [-0.4, -0.2) is 27.2 Å². The lowest BCUT2D eigenvalue weighted by atomic mass is 10.0. The molecule has 5 nitrogen and oxygen atoms in total. The Kier molecular flexibility index (Phi) is 6.70. The van der Waals surface area contributed by atoms with Crippen molar-refractivity contribution in [3.8, 4) is 22.7 Å². The first kappa shape index (κ1) is 26.5. The first-order chi connectivity index (χ1) is 15.9. The lowest BCUT2D eigenvalue weighted by molar-refractivity contribution is -0.292. The maximum absolute atomic E-state index is 13.9. The minimum Gasteiger partial charge on any atom is -0.383 e. The number of hydrogen-bond donors (Lipinski definition) is 1. The van der Waals surface area contributed by atoms with E-state index in [9.17, 15) is 35.1 Å². The van der Waals surface area contributed by atoms with Crippen LogP contribution in [0.4, 0.5) is 35.1 Å². The van der Waals surface area contributed by atoms with Gasteiger partial charge in [0, 0.05) is 41.0 Å². The minimum absolute atomic E-state index is 0.00811. The Balaban J connectivity index is 2.14. The lowest BCUT2D eigenvalue weighted by Gasteiger charge is -2.19. The van der Waals surface area contributed by atoms with E-state index in [1.807, 2.05) is 13.8 Å². The van der Waals surface area contributed by atoms with Gasteiger partial charge in [-0.2, -0.15) is 40.2 Å². The predicted octanol–water partition coefficient (Wildman–Crippen LogP) is 7.04. The molecule has 0 saturated heterocycles. The van der Waals surface area contributed by atoms with Crippen LogP contribution in [0.2, 0.25) is 5.02 Å². The summed E-state index contributed by atoms with van der Waals surface area (Å²) >= 11 is 6.19. The molecule has 190 valence electrons. The molecule has 1 aromatic carbocycles. The van der Waals surface area contributed by atoms with Crippen LogP contribution in [0.1, 0.15) is 30.7 Å². The standard InChI is InChI=1S/C21H17ClF8N4O/c1-9(2)31-10(3)12-7-11(5-6-13(12)22)15-8-14(33-35-15)17-16(20(25,26)27)18(32-34(17)4)19(23,24)21(28,29)30/h5-9,31H,3H2,1-2,4H3. The predicted molar refractivity (Wildman–Crippen MR) is 111 cm³/mol. The maximum Gasteiger partial charge on any atom is 0.459 e. The van der Waals surface area contributed by atoms with Crippen LogP contribution in [0.25, 0.3) is 28.4 Å². The van der Waals surface area contributed by atoms with Crippen molar-refractivity contribution in [1.82, 2.24) is 20.3 Å². The number of nitrogens with zero attached hydrogens (tertiary/aromatic N) is 3. The van der Waals surface area contributed by atoms with Crippen LogP contribution in [0.5, 0.6) is 0 Å². The number of aryl methyl sites for hydroxylation is 1. The van der Waals surface area contributed by atoms with Crippen molar-refractivity contribution in [2.45, 2.75) is 38.2 Å². The molecule has 0 aliphatic rings. The topological polar surface area (TPSA) is 55.9 Å². The van der Waals surface area contributed by atoms with E-state index in [0.29, 0.717) is 16.3 Å². The van der Waals surface area contributed by atoms with Crippen LogP contribution in [0.15, 0.2) is 35.4 Å². The third kappa shape index (κ3) is 5.00. The van der Waals surface area contributed by atoms with Crippen molar-refractivity contribution < 1.29 is 39.6 Å². The molecule has 0 atom stereocenters. The summed E-state index contributed by atoms with van der Waals surface area (Å²) in [6.07, 6.45) is -11.9. The monoisotopic (exact) mass is 528 g/mol. The molecule has 3 rings (SSSR count). The Morgan fingerprint density at radius 3 is 2.26 bits per heavy atom. The number of rotatable bonds is 6. The molecule has 0 aliphatic heterocycles. The summed E-state index contributed by atoms with van der Waals surface area (Å²) in [7, 11) is 0.789. The molecular weight excluding hydrogens is 512 g/mol. The summed E-state index contributed by atoms with van der Waals surface area (Å²) in [6, 6.07) is 5.40. The van der Waals surface area contributed by atoms with Crippen LogP contribution < -0.4 is 5.32 Å². The summed E-state index contributed by atoms with van der Waals surface area (Å²) in [5, 5.41) is 9.67. The summed E-state index contributed by atoms with van der Waals surface area (Å²) in [6.45, 7) is 7.58. The largest absolute Gasteiger partial charge is 0.459 e. The molecule has 0 aliphatic carbocycles. The van der Waals surface area contributed by atoms with E-state index in [0.717, 1.165) is 13.1 Å². The van der Waals surface area contributed by atoms with Crippen molar-refractivity contribution in [2.24, 2.45) is 7.05 Å². The summed E-state index contributed by atoms with van der Waals surface area (Å²) in [4.78, 5) is 0. The third-order valence-corrected chi connectivity index (χ3v) is 5.11. The first-order valence-electron chi connectivity index (χ1n) is 9.77. The average molecular weight is 529 g/mol. The Morgan fingerprint density at radius 2 is 1.71 bits per heavy atom. The average Bonchev–Trinajstić information content (AvgIpc) is 3.31. The van der Waals surface area contributed by atoms with E-state index >= 15 is 0 Å². The number of alkyl halides is 8. The molecular formula is C21H17ClF8N4O. The molecule has 1 N–H and O–H groups in total. The van der Waals surface area contributed by atoms with E-state index in [1.165, 1.54) is 18.2 Å². The van der Waals surface area contributed by atoms with E-state index in [4.69, 9.17) is 16.1 Å². The highest BCUT2D eigenvalue weighted by Crippen LogP contribution is 2.50. The molecule has 0 saturated carbocycles. The van der Waals surface area contributed by atoms with Crippen molar-refractivity contribution in [3.05, 3.63) is 52.7 Å². The van der Waals surface area contributed by atoms with E-state index in [-0.39, 0.29) is 22.0 Å². The fraction of sp³-hybridized carbons (Fsp3) is 0.333. The molecule has 0 fully saturated rings. The fourth-order valence-electron chi connectivity index (χ4n) is 3.30. The number of hydrogen-bond acceptors (Lipinski definition) is 4. The third-order valence-electron chi connectivity index (χ3n) is 4.78. The highest BCUT2D eigenvalue weighted by molar-refractivity contribution is 6.32. The molecule has 2 heterocycles. The number of nitrogens with one attached hydrogen (secondary N) is 1. The van der Waals surface area contributed by atoms with Crippen molar-refractivity contribution >= 4 is 17.3 Å². The smallest absolute Gasteiger partial charge is 0.383 e. The van der Waals surface area contributed by atoms with Gasteiger partial charge in [0.25, 0.3) is 0 Å². The van der Waals surface area contributed by atoms with Gasteiger partial charge in [0.05, 0.1) is 0 Å². The van der Waals surface area contributed by atoms with Gasteiger partial charge in [-0.25, -0.2) is 0 Å². The van der Waals surface area contributed by atoms with Crippen LogP contribution in [-0.2, 0) is 19.1 Å². The summed E-state index contributed by atoms with van der Waals surface area (Å²) < 4.78 is 113. The SMILES string of the molecule is C=C(NC(C)C)c1cc(-c2cc(-c3c(C(F)(F)F)c(C(F)(F)C(F)(F)F)nn3C)no2)ccc1Cl. The van der Waals surface area contributed by atoms with Gasteiger partial charge in [-0.05, 0) is 32.0 Å². The highest BCUT2D eigenvalue weighted by atomic mass is 35.5. The number of halogens is 9.